The Bertz CT molecular complexity index is 811. The molecule has 0 radical (unpaired) electrons. The topological polar surface area (TPSA) is 51.5 Å². The number of thioether (sulfide) groups is 1. The summed E-state index contributed by atoms with van der Waals surface area (Å²) >= 11 is 3.57. The molecule has 0 saturated heterocycles. The van der Waals surface area contributed by atoms with E-state index in [0.29, 0.717) is 25.5 Å². The van der Waals surface area contributed by atoms with Gasteiger partial charge in [0.25, 0.3) is 5.91 Å². The fourth-order valence-electron chi connectivity index (χ4n) is 2.51. The molecule has 25 heavy (non-hydrogen) atoms. The molecule has 0 spiro atoms. The normalized spacial score (nSPS) is 11.1. The molecule has 1 N–H and O–H groups in total. The van der Waals surface area contributed by atoms with Gasteiger partial charge in [0.05, 0.1) is 6.61 Å². The molecule has 2 aromatic heterocycles. The molecule has 0 aliphatic carbocycles. The summed E-state index contributed by atoms with van der Waals surface area (Å²) in [6, 6.07) is 11.9. The summed E-state index contributed by atoms with van der Waals surface area (Å²) in [6.45, 7) is 3.52. The van der Waals surface area contributed by atoms with E-state index >= 15 is 0 Å². The standard InChI is InChI=1S/C19H21NO3S2/c1-2-22-12-16-15-7-3-4-8-17(15)23-18(16)19(21)20-9-11-24-13-14-6-5-10-25-14/h3-8,10H,2,9,11-13H2,1H3,(H,20,21). The molecule has 0 atom stereocenters. The van der Waals surface area contributed by atoms with Gasteiger partial charge in [-0.05, 0) is 24.4 Å². The van der Waals surface area contributed by atoms with Crippen LogP contribution in [0.2, 0.25) is 0 Å². The average Bonchev–Trinajstić information content (AvgIpc) is 3.27. The molecule has 3 rings (SSSR count). The number of furan rings is 1. The number of ether oxygens (including phenoxy) is 1. The first-order valence-electron chi connectivity index (χ1n) is 8.26. The predicted molar refractivity (Wildman–Crippen MR) is 104 cm³/mol. The third-order valence-corrected chi connectivity index (χ3v) is 5.78. The SMILES string of the molecule is CCOCc1c(C(=O)NCCSCc2cccs2)oc2ccccc12. The quantitative estimate of drug-likeness (QED) is 0.551. The van der Waals surface area contributed by atoms with Crippen LogP contribution in [0.5, 0.6) is 0 Å². The van der Waals surface area contributed by atoms with E-state index in [2.05, 4.69) is 22.8 Å². The Morgan fingerprint density at radius 3 is 2.96 bits per heavy atom. The highest BCUT2D eigenvalue weighted by atomic mass is 32.2. The molecule has 0 aliphatic heterocycles. The number of fused-ring (bicyclic) bond motifs is 1. The molecule has 0 fully saturated rings. The second-order valence-corrected chi connectivity index (χ2v) is 7.57. The monoisotopic (exact) mass is 375 g/mol. The molecular formula is C19H21NO3S2. The molecule has 1 amide bonds. The van der Waals surface area contributed by atoms with E-state index < -0.39 is 0 Å². The van der Waals surface area contributed by atoms with Gasteiger partial charge in [0.15, 0.2) is 5.76 Å². The highest BCUT2D eigenvalue weighted by Gasteiger charge is 2.20. The number of para-hydroxylation sites is 1. The predicted octanol–water partition coefficient (Wildman–Crippen LogP) is 4.69. The van der Waals surface area contributed by atoms with Crippen LogP contribution in [0.1, 0.15) is 27.9 Å². The Morgan fingerprint density at radius 1 is 1.28 bits per heavy atom. The molecule has 1 aromatic carbocycles. The fraction of sp³-hybridized carbons (Fsp3) is 0.316. The van der Waals surface area contributed by atoms with Gasteiger partial charge in [-0.25, -0.2) is 0 Å². The van der Waals surface area contributed by atoms with Crippen LogP contribution < -0.4 is 5.32 Å². The van der Waals surface area contributed by atoms with Gasteiger partial charge >= 0.3 is 0 Å². The molecule has 0 aliphatic rings. The van der Waals surface area contributed by atoms with Crippen molar-refractivity contribution in [3.8, 4) is 0 Å². The highest BCUT2D eigenvalue weighted by molar-refractivity contribution is 7.98. The maximum Gasteiger partial charge on any atom is 0.287 e. The fourth-order valence-corrected chi connectivity index (χ4v) is 4.21. The Balaban J connectivity index is 1.59. The zero-order valence-corrected chi connectivity index (χ0v) is 15.8. The Morgan fingerprint density at radius 2 is 2.16 bits per heavy atom. The van der Waals surface area contributed by atoms with Gasteiger partial charge in [-0.15, -0.1) is 11.3 Å². The van der Waals surface area contributed by atoms with E-state index in [0.717, 1.165) is 28.0 Å². The van der Waals surface area contributed by atoms with Crippen molar-refractivity contribution in [1.82, 2.24) is 5.32 Å². The third-order valence-electron chi connectivity index (χ3n) is 3.71. The van der Waals surface area contributed by atoms with E-state index in [9.17, 15) is 4.79 Å². The van der Waals surface area contributed by atoms with E-state index in [1.165, 1.54) is 4.88 Å². The van der Waals surface area contributed by atoms with Crippen molar-refractivity contribution >= 4 is 40.0 Å². The summed E-state index contributed by atoms with van der Waals surface area (Å²) in [5, 5.41) is 5.97. The average molecular weight is 376 g/mol. The van der Waals surface area contributed by atoms with Crippen molar-refractivity contribution in [3.05, 3.63) is 58.0 Å². The molecule has 2 heterocycles. The highest BCUT2D eigenvalue weighted by Crippen LogP contribution is 2.26. The first-order valence-corrected chi connectivity index (χ1v) is 10.3. The van der Waals surface area contributed by atoms with Crippen molar-refractivity contribution in [2.75, 3.05) is 18.9 Å². The second-order valence-electron chi connectivity index (χ2n) is 5.43. The lowest BCUT2D eigenvalue weighted by molar-refractivity contribution is 0.0917. The Kier molecular flexibility index (Phi) is 6.55. The molecular weight excluding hydrogens is 354 g/mol. The summed E-state index contributed by atoms with van der Waals surface area (Å²) in [7, 11) is 0. The van der Waals surface area contributed by atoms with Crippen LogP contribution in [0.25, 0.3) is 11.0 Å². The van der Waals surface area contributed by atoms with Gasteiger partial charge in [-0.1, -0.05) is 24.3 Å². The molecule has 0 saturated carbocycles. The van der Waals surface area contributed by atoms with Gasteiger partial charge in [0, 0.05) is 40.5 Å². The van der Waals surface area contributed by atoms with Crippen LogP contribution in [0.15, 0.2) is 46.2 Å². The lowest BCUT2D eigenvalue weighted by Gasteiger charge is -2.05. The minimum Gasteiger partial charge on any atom is -0.451 e. The smallest absolute Gasteiger partial charge is 0.287 e. The minimum absolute atomic E-state index is 0.178. The maximum absolute atomic E-state index is 12.5. The Hall–Kier alpha value is -1.76. The maximum atomic E-state index is 12.5. The van der Waals surface area contributed by atoms with E-state index in [1.807, 2.05) is 43.0 Å². The lowest BCUT2D eigenvalue weighted by Crippen LogP contribution is -2.26. The molecule has 132 valence electrons. The number of carbonyl (C=O) groups excluding carboxylic acids is 1. The van der Waals surface area contributed by atoms with E-state index in [-0.39, 0.29) is 5.91 Å². The summed E-state index contributed by atoms with van der Waals surface area (Å²) in [6.07, 6.45) is 0. The number of rotatable bonds is 9. The Labute approximate surface area is 155 Å². The van der Waals surface area contributed by atoms with Crippen LogP contribution in [-0.4, -0.2) is 24.8 Å². The number of benzene rings is 1. The number of nitrogens with one attached hydrogen (secondary N) is 1. The summed E-state index contributed by atoms with van der Waals surface area (Å²) in [5.41, 5.74) is 1.54. The van der Waals surface area contributed by atoms with Crippen LogP contribution in [0.4, 0.5) is 0 Å². The lowest BCUT2D eigenvalue weighted by atomic mass is 10.1. The molecule has 0 unspecified atom stereocenters. The number of amides is 1. The van der Waals surface area contributed by atoms with Crippen molar-refractivity contribution in [1.29, 1.82) is 0 Å². The number of thiophene rings is 1. The summed E-state index contributed by atoms with van der Waals surface area (Å²) < 4.78 is 11.3. The number of hydrogen-bond donors (Lipinski definition) is 1. The van der Waals surface area contributed by atoms with Crippen LogP contribution in [0.3, 0.4) is 0 Å². The second kappa shape index (κ2) is 9.08. The molecule has 6 heteroatoms. The van der Waals surface area contributed by atoms with Crippen LogP contribution in [-0.2, 0) is 17.1 Å². The van der Waals surface area contributed by atoms with Gasteiger partial charge < -0.3 is 14.5 Å². The van der Waals surface area contributed by atoms with Crippen molar-refractivity contribution in [2.45, 2.75) is 19.3 Å². The molecule has 0 bridgehead atoms. The van der Waals surface area contributed by atoms with Gasteiger partial charge in [-0.3, -0.25) is 4.79 Å². The third kappa shape index (κ3) is 4.66. The van der Waals surface area contributed by atoms with Gasteiger partial charge in [-0.2, -0.15) is 11.8 Å². The zero-order valence-electron chi connectivity index (χ0n) is 14.1. The van der Waals surface area contributed by atoms with Crippen molar-refractivity contribution in [2.24, 2.45) is 0 Å². The first kappa shape index (κ1) is 18.0. The number of hydrogen-bond acceptors (Lipinski definition) is 5. The van der Waals surface area contributed by atoms with Crippen molar-refractivity contribution < 1.29 is 13.9 Å². The van der Waals surface area contributed by atoms with E-state index in [4.69, 9.17) is 9.15 Å². The van der Waals surface area contributed by atoms with Gasteiger partial charge in [0.1, 0.15) is 5.58 Å². The van der Waals surface area contributed by atoms with Crippen molar-refractivity contribution in [3.63, 3.8) is 0 Å². The van der Waals surface area contributed by atoms with Gasteiger partial charge in [0.2, 0.25) is 0 Å². The molecule has 4 nitrogen and oxygen atoms in total. The number of carbonyl (C=O) groups is 1. The first-order chi connectivity index (χ1) is 12.3. The zero-order chi connectivity index (χ0) is 17.5. The molecule has 3 aromatic rings. The minimum atomic E-state index is -0.178. The van der Waals surface area contributed by atoms with E-state index in [1.54, 1.807) is 11.3 Å². The largest absolute Gasteiger partial charge is 0.451 e. The van der Waals surface area contributed by atoms with Crippen LogP contribution >= 0.6 is 23.1 Å². The summed E-state index contributed by atoms with van der Waals surface area (Å²) in [5.74, 6) is 2.03. The summed E-state index contributed by atoms with van der Waals surface area (Å²) in [4.78, 5) is 13.9. The van der Waals surface area contributed by atoms with Crippen LogP contribution in [0, 0.1) is 0 Å².